The Morgan fingerprint density at radius 2 is 1.90 bits per heavy atom. The van der Waals surface area contributed by atoms with Crippen molar-refractivity contribution in [3.8, 4) is 0 Å². The molecule has 0 amide bonds. The van der Waals surface area contributed by atoms with Gasteiger partial charge in [0.25, 0.3) is 0 Å². The molecule has 0 aliphatic carbocycles. The summed E-state index contributed by atoms with van der Waals surface area (Å²) in [6.07, 6.45) is 2.30. The molecule has 1 fully saturated rings. The van der Waals surface area contributed by atoms with Crippen LogP contribution in [0.25, 0.3) is 0 Å². The smallest absolute Gasteiger partial charge is 0.123 e. The number of nitrogens with one attached hydrogen (secondary N) is 1. The Hall–Kier alpha value is -0.350. The highest BCUT2D eigenvalue weighted by Crippen LogP contribution is 2.28. The molecule has 2 rings (SSSR count). The van der Waals surface area contributed by atoms with Gasteiger partial charge in [0.1, 0.15) is 5.82 Å². The highest BCUT2D eigenvalue weighted by molar-refractivity contribution is 5.85. The monoisotopic (exact) mass is 322 g/mol. The molecule has 0 radical (unpaired) electrons. The maximum absolute atomic E-state index is 13.2. The molecular formula is C15H25Cl2FN2. The minimum atomic E-state index is -0.133. The Kier molecular flexibility index (Phi) is 9.39. The summed E-state index contributed by atoms with van der Waals surface area (Å²) in [4.78, 5) is 2.53. The number of hydrogen-bond acceptors (Lipinski definition) is 2. The first kappa shape index (κ1) is 19.7. The summed E-state index contributed by atoms with van der Waals surface area (Å²) in [5.41, 5.74) is 2.37. The largest absolute Gasteiger partial charge is 0.314 e. The van der Waals surface area contributed by atoms with Crippen molar-refractivity contribution in [3.63, 3.8) is 0 Å². The molecule has 0 saturated carbocycles. The quantitative estimate of drug-likeness (QED) is 0.908. The second kappa shape index (κ2) is 9.56. The second-order valence-corrected chi connectivity index (χ2v) is 5.09. The maximum Gasteiger partial charge on any atom is 0.123 e. The first-order valence-corrected chi connectivity index (χ1v) is 6.93. The molecule has 5 heteroatoms. The zero-order valence-corrected chi connectivity index (χ0v) is 13.8. The maximum atomic E-state index is 13.2. The molecule has 116 valence electrons. The number of halogens is 3. The van der Waals surface area contributed by atoms with E-state index in [4.69, 9.17) is 0 Å². The predicted octanol–water partition coefficient (Wildman–Crippen LogP) is 3.72. The zero-order valence-electron chi connectivity index (χ0n) is 12.2. The lowest BCUT2D eigenvalue weighted by Gasteiger charge is -2.36. The summed E-state index contributed by atoms with van der Waals surface area (Å²) in [5, 5.41) is 3.39. The van der Waals surface area contributed by atoms with Gasteiger partial charge in [-0.1, -0.05) is 19.4 Å². The van der Waals surface area contributed by atoms with E-state index in [2.05, 4.69) is 17.1 Å². The van der Waals surface area contributed by atoms with Gasteiger partial charge in [-0.2, -0.15) is 0 Å². The standard InChI is InChI=1S/C15H23FN2.2ClH/c1-3-4-15(18-9-7-17-8-10-18)14-6-5-13(16)11-12(14)2;;/h5-6,11,15,17H,3-4,7-10H2,1-2H3;2*1H/t15-;;/m0../s1. The topological polar surface area (TPSA) is 15.3 Å². The third kappa shape index (κ3) is 4.88. The molecule has 1 atom stereocenters. The Bertz CT molecular complexity index is 395. The van der Waals surface area contributed by atoms with E-state index in [1.165, 1.54) is 5.56 Å². The minimum Gasteiger partial charge on any atom is -0.314 e. The van der Waals surface area contributed by atoms with E-state index in [1.54, 1.807) is 12.1 Å². The van der Waals surface area contributed by atoms with Crippen molar-refractivity contribution in [2.24, 2.45) is 0 Å². The zero-order chi connectivity index (χ0) is 13.0. The van der Waals surface area contributed by atoms with Gasteiger partial charge in [0.15, 0.2) is 0 Å². The van der Waals surface area contributed by atoms with Crippen LogP contribution in [0, 0.1) is 12.7 Å². The van der Waals surface area contributed by atoms with Gasteiger partial charge in [0, 0.05) is 32.2 Å². The van der Waals surface area contributed by atoms with Crippen LogP contribution in [0.4, 0.5) is 4.39 Å². The van der Waals surface area contributed by atoms with Gasteiger partial charge in [-0.25, -0.2) is 4.39 Å². The van der Waals surface area contributed by atoms with Crippen molar-refractivity contribution < 1.29 is 4.39 Å². The van der Waals surface area contributed by atoms with Crippen LogP contribution < -0.4 is 5.32 Å². The van der Waals surface area contributed by atoms with E-state index in [1.807, 2.05) is 13.0 Å². The summed E-state index contributed by atoms with van der Waals surface area (Å²) < 4.78 is 13.2. The Morgan fingerprint density at radius 1 is 1.25 bits per heavy atom. The average molecular weight is 323 g/mol. The van der Waals surface area contributed by atoms with E-state index in [9.17, 15) is 4.39 Å². The third-order valence-electron chi connectivity index (χ3n) is 3.75. The summed E-state index contributed by atoms with van der Waals surface area (Å²) >= 11 is 0. The minimum absolute atomic E-state index is 0. The van der Waals surface area contributed by atoms with Crippen LogP contribution in [0.5, 0.6) is 0 Å². The Labute approximate surface area is 133 Å². The highest BCUT2D eigenvalue weighted by atomic mass is 35.5. The van der Waals surface area contributed by atoms with Crippen LogP contribution >= 0.6 is 24.8 Å². The molecule has 20 heavy (non-hydrogen) atoms. The van der Waals surface area contributed by atoms with E-state index in [-0.39, 0.29) is 30.6 Å². The molecule has 1 aromatic carbocycles. The van der Waals surface area contributed by atoms with Gasteiger partial charge in [-0.15, -0.1) is 24.8 Å². The van der Waals surface area contributed by atoms with Crippen LogP contribution in [0.3, 0.4) is 0 Å². The molecule has 1 aliphatic heterocycles. The van der Waals surface area contributed by atoms with Crippen molar-refractivity contribution in [2.75, 3.05) is 26.2 Å². The first-order chi connectivity index (χ1) is 8.72. The van der Waals surface area contributed by atoms with E-state index in [0.29, 0.717) is 6.04 Å². The SMILES string of the molecule is CCC[C@@H](c1ccc(F)cc1C)N1CCNCC1.Cl.Cl. The number of piperazine rings is 1. The molecule has 0 aromatic heterocycles. The summed E-state index contributed by atoms with van der Waals surface area (Å²) in [5.74, 6) is -0.133. The number of nitrogens with zero attached hydrogens (tertiary/aromatic N) is 1. The molecule has 0 bridgehead atoms. The number of hydrogen-bond donors (Lipinski definition) is 1. The first-order valence-electron chi connectivity index (χ1n) is 6.93. The Balaban J connectivity index is 0.00000180. The molecule has 0 unspecified atom stereocenters. The van der Waals surface area contributed by atoms with Gasteiger partial charge in [0.05, 0.1) is 0 Å². The molecule has 0 spiro atoms. The van der Waals surface area contributed by atoms with Gasteiger partial charge in [-0.3, -0.25) is 4.90 Å². The molecule has 1 saturated heterocycles. The van der Waals surface area contributed by atoms with Crippen molar-refractivity contribution in [3.05, 3.63) is 35.1 Å². The number of aryl methyl sites for hydroxylation is 1. The molecular weight excluding hydrogens is 298 g/mol. The molecule has 1 aliphatic rings. The van der Waals surface area contributed by atoms with E-state index in [0.717, 1.165) is 44.6 Å². The van der Waals surface area contributed by atoms with Crippen molar-refractivity contribution in [1.29, 1.82) is 0 Å². The van der Waals surface area contributed by atoms with E-state index >= 15 is 0 Å². The van der Waals surface area contributed by atoms with Gasteiger partial charge < -0.3 is 5.32 Å². The van der Waals surface area contributed by atoms with Gasteiger partial charge in [0.2, 0.25) is 0 Å². The van der Waals surface area contributed by atoms with Crippen LogP contribution in [0.1, 0.15) is 36.9 Å². The molecule has 2 nitrogen and oxygen atoms in total. The molecule has 1 heterocycles. The van der Waals surface area contributed by atoms with Gasteiger partial charge in [-0.05, 0) is 36.6 Å². The highest BCUT2D eigenvalue weighted by Gasteiger charge is 2.22. The van der Waals surface area contributed by atoms with Crippen LogP contribution in [0.15, 0.2) is 18.2 Å². The Morgan fingerprint density at radius 3 is 2.45 bits per heavy atom. The second-order valence-electron chi connectivity index (χ2n) is 5.09. The van der Waals surface area contributed by atoms with Crippen molar-refractivity contribution in [2.45, 2.75) is 32.7 Å². The fourth-order valence-electron chi connectivity index (χ4n) is 2.82. The normalized spacial score (nSPS) is 16.9. The summed E-state index contributed by atoms with van der Waals surface area (Å²) in [6.45, 7) is 8.52. The fraction of sp³-hybridized carbons (Fsp3) is 0.600. The third-order valence-corrected chi connectivity index (χ3v) is 3.75. The van der Waals surface area contributed by atoms with Crippen molar-refractivity contribution in [1.82, 2.24) is 10.2 Å². The van der Waals surface area contributed by atoms with Crippen LogP contribution in [-0.4, -0.2) is 31.1 Å². The summed E-state index contributed by atoms with van der Waals surface area (Å²) in [6, 6.07) is 5.65. The molecule has 1 N–H and O–H groups in total. The van der Waals surface area contributed by atoms with E-state index < -0.39 is 0 Å². The summed E-state index contributed by atoms with van der Waals surface area (Å²) in [7, 11) is 0. The van der Waals surface area contributed by atoms with Crippen LogP contribution in [-0.2, 0) is 0 Å². The number of benzene rings is 1. The average Bonchev–Trinajstić information content (AvgIpc) is 2.38. The van der Waals surface area contributed by atoms with Crippen molar-refractivity contribution >= 4 is 24.8 Å². The number of rotatable bonds is 4. The lowest BCUT2D eigenvalue weighted by Crippen LogP contribution is -2.45. The molecule has 1 aromatic rings. The lowest BCUT2D eigenvalue weighted by atomic mass is 9.95. The predicted molar refractivity (Wildman–Crippen MR) is 87.7 cm³/mol. The lowest BCUT2D eigenvalue weighted by molar-refractivity contribution is 0.164. The van der Waals surface area contributed by atoms with Crippen LogP contribution in [0.2, 0.25) is 0 Å². The fourth-order valence-corrected chi connectivity index (χ4v) is 2.82. The van der Waals surface area contributed by atoms with Gasteiger partial charge >= 0.3 is 0 Å².